The summed E-state index contributed by atoms with van der Waals surface area (Å²) in [6.07, 6.45) is 14.7. The van der Waals surface area contributed by atoms with Crippen molar-refractivity contribution in [1.82, 2.24) is 5.32 Å². The van der Waals surface area contributed by atoms with Crippen molar-refractivity contribution >= 4 is 11.7 Å². The van der Waals surface area contributed by atoms with Crippen LogP contribution in [-0.2, 0) is 27.2 Å². The van der Waals surface area contributed by atoms with E-state index in [1.807, 2.05) is 37.3 Å². The highest BCUT2D eigenvalue weighted by atomic mass is 16.5. The van der Waals surface area contributed by atoms with E-state index in [1.54, 1.807) is 0 Å². The fourth-order valence-corrected chi connectivity index (χ4v) is 10.5. The number of hydrogen-bond donors (Lipinski definition) is 5. The minimum absolute atomic E-state index is 0.0162. The van der Waals surface area contributed by atoms with Crippen molar-refractivity contribution in [2.24, 2.45) is 28.9 Å². The van der Waals surface area contributed by atoms with Crippen molar-refractivity contribution in [2.75, 3.05) is 19.8 Å². The second-order valence-corrected chi connectivity index (χ2v) is 16.1. The average molecular weight is 723 g/mol. The van der Waals surface area contributed by atoms with Crippen LogP contribution in [0, 0.1) is 35.0 Å². The zero-order valence-electron chi connectivity index (χ0n) is 31.6. The average Bonchev–Trinajstić information content (AvgIpc) is 3.42. The first kappa shape index (κ1) is 39.1. The predicted molar refractivity (Wildman–Crippen MR) is 207 cm³/mol. The lowest BCUT2D eigenvalue weighted by atomic mass is 9.45. The van der Waals surface area contributed by atoms with Crippen LogP contribution in [0.1, 0.15) is 107 Å². The monoisotopic (exact) mass is 722 g/mol. The molecule has 6 N–H and O–H groups in total. The molecule has 1 aromatic carbocycles. The molecule has 6 rings (SSSR count). The molecule has 1 spiro atoms. The molecule has 53 heavy (non-hydrogen) atoms. The first-order valence-electron chi connectivity index (χ1n) is 19.6. The Morgan fingerprint density at radius 2 is 2.04 bits per heavy atom. The highest BCUT2D eigenvalue weighted by Gasteiger charge is 2.70. The van der Waals surface area contributed by atoms with Crippen molar-refractivity contribution in [3.8, 4) is 11.8 Å². The number of allylic oxidation sites excluding steroid dienone is 8. The molecule has 3 saturated carbocycles. The maximum absolute atomic E-state index is 14.3. The Bertz CT molecular complexity index is 1780. The minimum Gasteiger partial charge on any atom is -0.396 e. The first-order chi connectivity index (χ1) is 25.5. The van der Waals surface area contributed by atoms with Gasteiger partial charge in [0.15, 0.2) is 5.78 Å². The number of nitrogens with two attached hydrogens (primary N) is 1. The second kappa shape index (κ2) is 16.8. The van der Waals surface area contributed by atoms with Crippen LogP contribution in [0.2, 0.25) is 0 Å². The van der Waals surface area contributed by atoms with Crippen molar-refractivity contribution < 1.29 is 29.6 Å². The molecule has 1 aromatic rings. The van der Waals surface area contributed by atoms with Crippen LogP contribution in [0.25, 0.3) is 0 Å². The molecular formula is C45H58N2O6. The van der Waals surface area contributed by atoms with Gasteiger partial charge < -0.3 is 31.1 Å². The van der Waals surface area contributed by atoms with Crippen LogP contribution >= 0.6 is 0 Å². The molecule has 3 aliphatic carbocycles. The molecule has 3 fully saturated rings. The van der Waals surface area contributed by atoms with E-state index in [0.29, 0.717) is 57.1 Å². The van der Waals surface area contributed by atoms with Crippen LogP contribution in [0.3, 0.4) is 0 Å². The fourth-order valence-electron chi connectivity index (χ4n) is 10.5. The third-order valence-corrected chi connectivity index (χ3v) is 13.1. The summed E-state index contributed by atoms with van der Waals surface area (Å²) in [4.78, 5) is 26.7. The zero-order chi connectivity index (χ0) is 37.8. The second-order valence-electron chi connectivity index (χ2n) is 16.1. The van der Waals surface area contributed by atoms with E-state index in [-0.39, 0.29) is 55.5 Å². The highest BCUT2D eigenvalue weighted by molar-refractivity contribution is 5.97. The number of fused-ring (bicyclic) bond motifs is 1. The molecule has 8 nitrogen and oxygen atoms in total. The van der Waals surface area contributed by atoms with Gasteiger partial charge in [0.2, 0.25) is 5.91 Å². The number of amides is 1. The Morgan fingerprint density at radius 1 is 1.21 bits per heavy atom. The Kier molecular flexibility index (Phi) is 12.4. The fraction of sp³-hybridized carbons (Fsp3) is 0.556. The number of Topliss-reactive ketones (excluding diaryl/α,β-unsaturated/α-hetero) is 1. The molecule has 0 saturated heterocycles. The Hall–Kier alpha value is -3.58. The smallest absolute Gasteiger partial charge is 0.225 e. The van der Waals surface area contributed by atoms with Gasteiger partial charge in [0, 0.05) is 30.8 Å². The summed E-state index contributed by atoms with van der Waals surface area (Å²) < 4.78 is 6.14. The van der Waals surface area contributed by atoms with Gasteiger partial charge >= 0.3 is 0 Å². The number of rotatable bonds is 7. The van der Waals surface area contributed by atoms with E-state index < -0.39 is 23.3 Å². The summed E-state index contributed by atoms with van der Waals surface area (Å²) in [5.41, 5.74) is 11.6. The van der Waals surface area contributed by atoms with Gasteiger partial charge in [-0.05, 0) is 111 Å². The van der Waals surface area contributed by atoms with Crippen LogP contribution in [0.5, 0.6) is 0 Å². The predicted octanol–water partition coefficient (Wildman–Crippen LogP) is 6.01. The topological polar surface area (TPSA) is 142 Å². The van der Waals surface area contributed by atoms with Crippen LogP contribution < -0.4 is 11.1 Å². The largest absolute Gasteiger partial charge is 0.396 e. The van der Waals surface area contributed by atoms with E-state index in [1.165, 1.54) is 5.57 Å². The molecule has 7 atom stereocenters. The summed E-state index contributed by atoms with van der Waals surface area (Å²) >= 11 is 0. The van der Waals surface area contributed by atoms with Crippen molar-refractivity contribution in [3.05, 3.63) is 93.6 Å². The molecule has 284 valence electrons. The highest BCUT2D eigenvalue weighted by Crippen LogP contribution is 2.69. The Labute approximate surface area is 315 Å². The standard InChI is InChI=1S/C45H58N2O6/c1-29-11-4-5-24-53-28-33(16-7-14-30(2)13-6-12-29)38-26-34-17-9-21-44(52)22-20-35(39(19-10-23-48)45(34,44)42(38)51)31(3)40(49)25-32-15-8-18-36-37(32)27-41(50)47-43(36)46/h7-8,12,14-16,18,34,38-39,42-43,48,51-52H,2,6,9-11,13,17,19-28,46H2,1,3H3,(H,47,50). The normalized spacial score (nSPS) is 33.1. The van der Waals surface area contributed by atoms with Crippen molar-refractivity contribution in [3.63, 3.8) is 0 Å². The molecule has 0 radical (unpaired) electrons. The molecule has 7 unspecified atom stereocenters. The van der Waals surface area contributed by atoms with Crippen LogP contribution in [-0.4, -0.2) is 58.5 Å². The van der Waals surface area contributed by atoms with Crippen molar-refractivity contribution in [2.45, 2.75) is 115 Å². The van der Waals surface area contributed by atoms with Gasteiger partial charge in [-0.1, -0.05) is 84.1 Å². The molecule has 8 heteroatoms. The van der Waals surface area contributed by atoms with Gasteiger partial charge in [-0.25, -0.2) is 0 Å². The number of carbonyl (C=O) groups is 2. The molecule has 0 bridgehead atoms. The molecule has 2 aliphatic heterocycles. The van der Waals surface area contributed by atoms with Crippen LogP contribution in [0.4, 0.5) is 0 Å². The maximum Gasteiger partial charge on any atom is 0.225 e. The number of hydrogen-bond acceptors (Lipinski definition) is 7. The van der Waals surface area contributed by atoms with Gasteiger partial charge in [-0.2, -0.15) is 0 Å². The molecule has 0 aromatic heterocycles. The molecule has 1 amide bonds. The van der Waals surface area contributed by atoms with Gasteiger partial charge in [-0.3, -0.25) is 9.59 Å². The Balaban J connectivity index is 1.36. The number of ketones is 1. The number of aliphatic hydroxyl groups excluding tert-OH is 2. The third-order valence-electron chi connectivity index (χ3n) is 13.1. The summed E-state index contributed by atoms with van der Waals surface area (Å²) in [7, 11) is 0. The van der Waals surface area contributed by atoms with E-state index in [0.717, 1.165) is 59.1 Å². The van der Waals surface area contributed by atoms with Gasteiger partial charge in [-0.15, -0.1) is 0 Å². The number of benzene rings is 1. The molecule has 5 aliphatic rings. The maximum atomic E-state index is 14.3. The van der Waals surface area contributed by atoms with Crippen molar-refractivity contribution in [1.29, 1.82) is 0 Å². The summed E-state index contributed by atoms with van der Waals surface area (Å²) in [6, 6.07) is 5.69. The summed E-state index contributed by atoms with van der Waals surface area (Å²) in [6.45, 7) is 8.82. The number of carbonyl (C=O) groups excluding carboxylic acids is 2. The third kappa shape index (κ3) is 7.83. The number of aliphatic hydroxyl groups is 3. The van der Waals surface area contributed by atoms with Crippen LogP contribution in [0.15, 0.2) is 76.9 Å². The first-order valence-corrected chi connectivity index (χ1v) is 19.6. The van der Waals surface area contributed by atoms with Gasteiger partial charge in [0.25, 0.3) is 0 Å². The lowest BCUT2D eigenvalue weighted by Gasteiger charge is -2.61. The SMILES string of the molecule is C=C1C=CC=C(C2CC3CCCC4(O)CCC(=C(C)C(=O)Cc5cccc6c5CC(=O)NC6N)C(CCCO)C34C2O)COCC#CCC(C)=CCC1. The van der Waals surface area contributed by atoms with Gasteiger partial charge in [0.05, 0.1) is 24.7 Å². The quantitative estimate of drug-likeness (QED) is 0.132. The number of ether oxygens (including phenoxy) is 1. The molecule has 2 heterocycles. The number of nitrogens with one attached hydrogen (secondary N) is 1. The van der Waals surface area contributed by atoms with Gasteiger partial charge in [0.1, 0.15) is 12.8 Å². The van der Waals surface area contributed by atoms with E-state index in [2.05, 4.69) is 42.8 Å². The van der Waals surface area contributed by atoms with E-state index in [9.17, 15) is 24.9 Å². The minimum atomic E-state index is -1.11. The van der Waals surface area contributed by atoms with E-state index >= 15 is 0 Å². The lowest BCUT2D eigenvalue weighted by Crippen LogP contribution is -2.65. The summed E-state index contributed by atoms with van der Waals surface area (Å²) in [5.74, 6) is 5.65. The lowest BCUT2D eigenvalue weighted by molar-refractivity contribution is -0.215. The molecular weight excluding hydrogens is 665 g/mol. The van der Waals surface area contributed by atoms with E-state index in [4.69, 9.17) is 10.5 Å². The Morgan fingerprint density at radius 3 is 2.85 bits per heavy atom. The summed E-state index contributed by atoms with van der Waals surface area (Å²) in [5, 5.41) is 38.5. The zero-order valence-corrected chi connectivity index (χ0v) is 31.6.